The predicted molar refractivity (Wildman–Crippen MR) is 139 cm³/mol. The fourth-order valence-electron chi connectivity index (χ4n) is 5.43. The van der Waals surface area contributed by atoms with Gasteiger partial charge in [-0.1, -0.05) is 26.0 Å². The quantitative estimate of drug-likeness (QED) is 0.379. The summed E-state index contributed by atoms with van der Waals surface area (Å²) in [6.45, 7) is 7.45. The van der Waals surface area contributed by atoms with Gasteiger partial charge in [-0.05, 0) is 73.2 Å². The van der Waals surface area contributed by atoms with Gasteiger partial charge >= 0.3 is 5.97 Å². The molecule has 0 radical (unpaired) electrons. The minimum atomic E-state index is -0.595. The third kappa shape index (κ3) is 6.89. The monoisotopic (exact) mass is 507 g/mol. The van der Waals surface area contributed by atoms with E-state index in [1.54, 1.807) is 20.3 Å². The molecule has 0 unspecified atom stereocenters. The van der Waals surface area contributed by atoms with Crippen molar-refractivity contribution in [2.45, 2.75) is 58.0 Å². The zero-order valence-electron chi connectivity index (χ0n) is 21.7. The normalized spacial score (nSPS) is 19.2. The number of methoxy groups -OCH3 is 2. The molecule has 0 amide bonds. The number of nitrogens with zero attached hydrogens (tertiary/aromatic N) is 1. The van der Waals surface area contributed by atoms with Gasteiger partial charge in [-0.15, -0.1) is 12.4 Å². The zero-order chi connectivity index (χ0) is 24.9. The van der Waals surface area contributed by atoms with E-state index in [-0.39, 0.29) is 36.0 Å². The average Bonchev–Trinajstić information content (AvgIpc) is 2.80. The molecule has 0 saturated carbocycles. The first-order chi connectivity index (χ1) is 16.2. The number of hydrogen-bond acceptors (Lipinski definition) is 5. The second-order valence-corrected chi connectivity index (χ2v) is 9.72. The van der Waals surface area contributed by atoms with Crippen molar-refractivity contribution in [3.05, 3.63) is 58.9 Å². The minimum absolute atomic E-state index is 0. The zero-order valence-corrected chi connectivity index (χ0v) is 22.5. The summed E-state index contributed by atoms with van der Waals surface area (Å²) in [5, 5.41) is 0. The molecule has 0 aliphatic heterocycles. The van der Waals surface area contributed by atoms with Crippen LogP contribution in [-0.2, 0) is 22.4 Å². The summed E-state index contributed by atoms with van der Waals surface area (Å²) in [6.07, 6.45) is 3.01. The van der Waals surface area contributed by atoms with Gasteiger partial charge in [0.1, 0.15) is 11.4 Å². The first-order valence-electron chi connectivity index (χ1n) is 12.1. The van der Waals surface area contributed by atoms with Gasteiger partial charge in [0.25, 0.3) is 0 Å². The van der Waals surface area contributed by atoms with Crippen molar-refractivity contribution < 1.29 is 23.4 Å². The molecule has 0 N–H and O–H groups in total. The molecule has 2 atom stereocenters. The largest absolute Gasteiger partial charge is 0.493 e. The van der Waals surface area contributed by atoms with Crippen LogP contribution in [-0.4, -0.2) is 50.8 Å². The maximum atomic E-state index is 13.9. The first kappa shape index (κ1) is 28.9. The summed E-state index contributed by atoms with van der Waals surface area (Å²) in [7, 11) is 5.37. The van der Waals surface area contributed by atoms with Crippen LogP contribution in [0.4, 0.5) is 4.39 Å². The van der Waals surface area contributed by atoms with Gasteiger partial charge < -0.3 is 19.1 Å². The lowest BCUT2D eigenvalue weighted by Crippen LogP contribution is -2.48. The lowest BCUT2D eigenvalue weighted by molar-refractivity contribution is -0.164. The lowest BCUT2D eigenvalue weighted by Gasteiger charge is -2.47. The summed E-state index contributed by atoms with van der Waals surface area (Å²) in [5.41, 5.74) is 2.72. The van der Waals surface area contributed by atoms with Crippen molar-refractivity contribution in [3.8, 4) is 11.5 Å². The van der Waals surface area contributed by atoms with E-state index in [0.29, 0.717) is 12.8 Å². The van der Waals surface area contributed by atoms with Crippen LogP contribution in [0.3, 0.4) is 0 Å². The number of fused-ring (bicyclic) bond motifs is 1. The molecule has 0 saturated heterocycles. The molecule has 7 heteroatoms. The number of aryl methyl sites for hydroxylation is 1. The number of carbonyl (C=O) groups is 1. The van der Waals surface area contributed by atoms with Gasteiger partial charge in [0.2, 0.25) is 0 Å². The Morgan fingerprint density at radius 3 is 2.46 bits per heavy atom. The summed E-state index contributed by atoms with van der Waals surface area (Å²) < 4.78 is 30.8. The van der Waals surface area contributed by atoms with Gasteiger partial charge in [-0.3, -0.25) is 4.79 Å². The molecular formula is C28H39ClFNO4. The van der Waals surface area contributed by atoms with Gasteiger partial charge in [0, 0.05) is 32.4 Å². The summed E-state index contributed by atoms with van der Waals surface area (Å²) in [6, 6.07) is 11.0. The van der Waals surface area contributed by atoms with Gasteiger partial charge in [-0.25, -0.2) is 4.39 Å². The van der Waals surface area contributed by atoms with Crippen molar-refractivity contribution in [1.82, 2.24) is 4.90 Å². The number of hydrogen-bond donors (Lipinski definition) is 0. The molecule has 194 valence electrons. The van der Waals surface area contributed by atoms with E-state index in [1.807, 2.05) is 18.2 Å². The van der Waals surface area contributed by atoms with Crippen molar-refractivity contribution in [1.29, 1.82) is 0 Å². The van der Waals surface area contributed by atoms with Crippen molar-refractivity contribution in [3.63, 3.8) is 0 Å². The van der Waals surface area contributed by atoms with E-state index in [9.17, 15) is 9.18 Å². The standard InChI is InChI=1S/C28H38FNO4.ClH/c1-19(2)27-24-9-8-23(29)18-22(24)11-13-28(27,34-20(3)31)14-16-30(4)15-12-21-7-10-25(32-5)26(17-21)33-6;/h7-10,17-19,27H,11-16H2,1-6H3;1H/t27-,28-;/m1./s1. The summed E-state index contributed by atoms with van der Waals surface area (Å²) in [4.78, 5) is 14.5. The Kier molecular flexibility index (Phi) is 10.4. The van der Waals surface area contributed by atoms with Crippen LogP contribution in [0.1, 0.15) is 56.2 Å². The average molecular weight is 508 g/mol. The highest BCUT2D eigenvalue weighted by Crippen LogP contribution is 2.48. The smallest absolute Gasteiger partial charge is 0.303 e. The Morgan fingerprint density at radius 1 is 1.11 bits per heavy atom. The van der Waals surface area contributed by atoms with Crippen LogP contribution in [0.5, 0.6) is 11.5 Å². The number of benzene rings is 2. The molecule has 0 aromatic heterocycles. The fraction of sp³-hybridized carbons (Fsp3) is 0.536. The second-order valence-electron chi connectivity index (χ2n) is 9.72. The fourth-order valence-corrected chi connectivity index (χ4v) is 5.43. The number of halogens is 2. The number of likely N-dealkylation sites (N-methyl/N-ethyl adjacent to an activating group) is 1. The van der Waals surface area contributed by atoms with Crippen molar-refractivity contribution in [2.75, 3.05) is 34.4 Å². The van der Waals surface area contributed by atoms with Crippen LogP contribution in [0, 0.1) is 11.7 Å². The molecule has 2 aromatic carbocycles. The highest BCUT2D eigenvalue weighted by atomic mass is 35.5. The molecule has 2 aromatic rings. The summed E-state index contributed by atoms with van der Waals surface area (Å²) in [5.74, 6) is 1.26. The molecule has 0 heterocycles. The lowest BCUT2D eigenvalue weighted by atomic mass is 9.65. The highest BCUT2D eigenvalue weighted by Gasteiger charge is 2.47. The van der Waals surface area contributed by atoms with Crippen molar-refractivity contribution in [2.24, 2.45) is 5.92 Å². The maximum absolute atomic E-state index is 13.9. The van der Waals surface area contributed by atoms with E-state index >= 15 is 0 Å². The van der Waals surface area contributed by atoms with E-state index in [0.717, 1.165) is 48.6 Å². The SMILES string of the molecule is COc1ccc(CCN(C)CC[C@]2(OC(C)=O)CCc3cc(F)ccc3[C@H]2C(C)C)cc1OC.Cl. The van der Waals surface area contributed by atoms with E-state index < -0.39 is 5.60 Å². The molecule has 5 nitrogen and oxygen atoms in total. The molecular weight excluding hydrogens is 469 g/mol. The van der Waals surface area contributed by atoms with Crippen molar-refractivity contribution >= 4 is 18.4 Å². The minimum Gasteiger partial charge on any atom is -0.493 e. The molecule has 0 spiro atoms. The Bertz CT molecular complexity index is 999. The molecule has 1 aliphatic rings. The Morgan fingerprint density at radius 2 is 1.83 bits per heavy atom. The van der Waals surface area contributed by atoms with Crippen LogP contribution < -0.4 is 9.47 Å². The van der Waals surface area contributed by atoms with Gasteiger partial charge in [0.05, 0.1) is 14.2 Å². The van der Waals surface area contributed by atoms with Gasteiger partial charge in [-0.2, -0.15) is 0 Å². The third-order valence-electron chi connectivity index (χ3n) is 6.98. The van der Waals surface area contributed by atoms with Crippen LogP contribution in [0.15, 0.2) is 36.4 Å². The highest BCUT2D eigenvalue weighted by molar-refractivity contribution is 5.85. The van der Waals surface area contributed by atoms with E-state index in [1.165, 1.54) is 18.6 Å². The Hall–Kier alpha value is -2.31. The topological polar surface area (TPSA) is 48.0 Å². The molecule has 3 rings (SSSR count). The van der Waals surface area contributed by atoms with E-state index in [4.69, 9.17) is 14.2 Å². The Labute approximate surface area is 215 Å². The summed E-state index contributed by atoms with van der Waals surface area (Å²) >= 11 is 0. The number of rotatable bonds is 10. The first-order valence-corrected chi connectivity index (χ1v) is 12.1. The van der Waals surface area contributed by atoms with Crippen LogP contribution in [0.2, 0.25) is 0 Å². The van der Waals surface area contributed by atoms with Crippen LogP contribution in [0.25, 0.3) is 0 Å². The number of carbonyl (C=O) groups excluding carboxylic acids is 1. The molecule has 35 heavy (non-hydrogen) atoms. The molecule has 0 bridgehead atoms. The molecule has 1 aliphatic carbocycles. The van der Waals surface area contributed by atoms with Gasteiger partial charge in [0.15, 0.2) is 11.5 Å². The second kappa shape index (κ2) is 12.6. The maximum Gasteiger partial charge on any atom is 0.303 e. The van der Waals surface area contributed by atoms with Crippen LogP contribution >= 0.6 is 12.4 Å². The van der Waals surface area contributed by atoms with E-state index in [2.05, 4.69) is 31.9 Å². The Balaban J connectivity index is 0.00000432. The number of esters is 1. The predicted octanol–water partition coefficient (Wildman–Crippen LogP) is 5.82. The number of ether oxygens (including phenoxy) is 3. The molecule has 0 fully saturated rings. The third-order valence-corrected chi connectivity index (χ3v) is 6.98.